The molecule has 1 heterocycles. The molecule has 0 bridgehead atoms. The zero-order chi connectivity index (χ0) is 16.4. The Morgan fingerprint density at radius 3 is 2.19 bits per heavy atom. The highest BCUT2D eigenvalue weighted by molar-refractivity contribution is 14.1. The first kappa shape index (κ1) is 18.6. The highest BCUT2D eigenvalue weighted by Gasteiger charge is 2.55. The Morgan fingerprint density at radius 1 is 1.24 bits per heavy atom. The lowest BCUT2D eigenvalue weighted by Gasteiger charge is -2.32. The molecule has 1 saturated heterocycles. The molecule has 1 aliphatic heterocycles. The maximum atomic E-state index is 12.2. The number of alkyl halides is 1. The van der Waals surface area contributed by atoms with E-state index >= 15 is 0 Å². The van der Waals surface area contributed by atoms with Crippen molar-refractivity contribution in [2.75, 3.05) is 13.2 Å². The fourth-order valence-electron chi connectivity index (χ4n) is 2.63. The number of rotatable bonds is 5. The summed E-state index contributed by atoms with van der Waals surface area (Å²) in [5, 5.41) is 13.2. The first-order chi connectivity index (χ1) is 9.50. The Bertz CT molecular complexity index is 408. The molecular formula is C14H23INO5. The first-order valence-electron chi connectivity index (χ1n) is 6.95. The third-order valence-corrected chi connectivity index (χ3v) is 4.32. The first-order valence-corrected chi connectivity index (χ1v) is 8.19. The van der Waals surface area contributed by atoms with Gasteiger partial charge in [0.25, 0.3) is 0 Å². The van der Waals surface area contributed by atoms with Crippen LogP contribution in [0.2, 0.25) is 0 Å². The number of hydroxylamine groups is 2. The molecule has 0 aromatic carbocycles. The Hall–Kier alpha value is -0.410. The quantitative estimate of drug-likeness (QED) is 0.299. The minimum atomic E-state index is -0.798. The van der Waals surface area contributed by atoms with Gasteiger partial charge in [-0.3, -0.25) is 9.59 Å². The van der Waals surface area contributed by atoms with Gasteiger partial charge in [-0.15, -0.1) is 10.3 Å². The van der Waals surface area contributed by atoms with Gasteiger partial charge in [0.15, 0.2) is 0 Å². The van der Waals surface area contributed by atoms with Gasteiger partial charge in [0.1, 0.15) is 17.1 Å². The summed E-state index contributed by atoms with van der Waals surface area (Å²) in [4.78, 5) is 23.4. The van der Waals surface area contributed by atoms with Crippen molar-refractivity contribution in [3.05, 3.63) is 0 Å². The van der Waals surface area contributed by atoms with Gasteiger partial charge >= 0.3 is 11.9 Å². The number of hydrogen-bond donors (Lipinski definition) is 0. The standard InChI is InChI=1S/C14H23INO5/c1-9(15)11(17)20-6-7-21-12(18)10-8-13(2,3)16(19)14(10,4)5/h9-10H,6-8H2,1-5H3. The van der Waals surface area contributed by atoms with Crippen molar-refractivity contribution in [2.24, 2.45) is 5.92 Å². The second-order valence-corrected chi connectivity index (χ2v) is 8.34. The van der Waals surface area contributed by atoms with Crippen molar-refractivity contribution < 1.29 is 24.3 Å². The summed E-state index contributed by atoms with van der Waals surface area (Å²) in [5.74, 6) is -1.23. The van der Waals surface area contributed by atoms with E-state index in [1.807, 2.05) is 36.4 Å². The number of hydrogen-bond acceptors (Lipinski definition) is 5. The maximum absolute atomic E-state index is 12.2. The van der Waals surface area contributed by atoms with Crippen LogP contribution in [0.25, 0.3) is 0 Å². The minimum Gasteiger partial charge on any atom is -0.462 e. The molecule has 0 aromatic heterocycles. The summed E-state index contributed by atoms with van der Waals surface area (Å²) in [7, 11) is 0. The molecule has 1 aliphatic rings. The van der Waals surface area contributed by atoms with Crippen LogP contribution in [0, 0.1) is 5.92 Å². The monoisotopic (exact) mass is 412 g/mol. The highest BCUT2D eigenvalue weighted by atomic mass is 127. The van der Waals surface area contributed by atoms with Gasteiger partial charge in [0.2, 0.25) is 0 Å². The Kier molecular flexibility index (Phi) is 6.02. The molecule has 1 fully saturated rings. The Morgan fingerprint density at radius 2 is 1.76 bits per heavy atom. The van der Waals surface area contributed by atoms with Crippen molar-refractivity contribution >= 4 is 34.5 Å². The van der Waals surface area contributed by atoms with Crippen LogP contribution in [-0.4, -0.2) is 45.2 Å². The fraction of sp³-hybridized carbons (Fsp3) is 0.857. The van der Waals surface area contributed by atoms with Crippen molar-refractivity contribution in [3.63, 3.8) is 0 Å². The molecule has 2 atom stereocenters. The van der Waals surface area contributed by atoms with Gasteiger partial charge in [0.05, 0.1) is 11.5 Å². The van der Waals surface area contributed by atoms with Crippen LogP contribution in [-0.2, 0) is 24.3 Å². The third kappa shape index (κ3) is 4.29. The van der Waals surface area contributed by atoms with Crippen LogP contribution in [0.4, 0.5) is 0 Å². The number of nitrogens with zero attached hydrogens (tertiary/aromatic N) is 1. The molecule has 0 N–H and O–H groups in total. The molecule has 0 aliphatic carbocycles. The van der Waals surface area contributed by atoms with Gasteiger partial charge in [-0.05, 0) is 41.0 Å². The molecule has 0 saturated carbocycles. The van der Waals surface area contributed by atoms with Crippen molar-refractivity contribution in [1.29, 1.82) is 0 Å². The lowest BCUT2D eigenvalue weighted by molar-refractivity contribution is -0.248. The molecule has 0 spiro atoms. The predicted octanol–water partition coefficient (Wildman–Crippen LogP) is 2.12. The average Bonchev–Trinajstić information content (AvgIpc) is 2.54. The van der Waals surface area contributed by atoms with Crippen molar-refractivity contribution in [2.45, 2.75) is 56.0 Å². The van der Waals surface area contributed by atoms with E-state index < -0.39 is 23.0 Å². The molecule has 21 heavy (non-hydrogen) atoms. The van der Waals surface area contributed by atoms with Crippen LogP contribution >= 0.6 is 22.6 Å². The van der Waals surface area contributed by atoms with E-state index in [4.69, 9.17) is 9.47 Å². The van der Waals surface area contributed by atoms with Crippen molar-refractivity contribution in [1.82, 2.24) is 5.06 Å². The predicted molar refractivity (Wildman–Crippen MR) is 84.2 cm³/mol. The molecule has 0 aromatic rings. The summed E-state index contributed by atoms with van der Waals surface area (Å²) >= 11 is 1.95. The highest BCUT2D eigenvalue weighted by Crippen LogP contribution is 2.44. The average molecular weight is 412 g/mol. The van der Waals surface area contributed by atoms with Gasteiger partial charge in [-0.25, -0.2) is 0 Å². The summed E-state index contributed by atoms with van der Waals surface area (Å²) in [5.41, 5.74) is -1.38. The van der Waals surface area contributed by atoms with E-state index in [1.54, 1.807) is 20.8 Å². The molecule has 6 nitrogen and oxygen atoms in total. The second kappa shape index (κ2) is 6.78. The summed E-state index contributed by atoms with van der Waals surface area (Å²) in [6.07, 6.45) is 0.451. The van der Waals surface area contributed by atoms with Gasteiger partial charge in [-0.2, -0.15) is 0 Å². The molecule has 0 amide bonds. The summed E-state index contributed by atoms with van der Waals surface area (Å²) < 4.78 is 9.85. The summed E-state index contributed by atoms with van der Waals surface area (Å²) in [6.45, 7) is 8.91. The molecule has 1 rings (SSSR count). The number of halogens is 1. The van der Waals surface area contributed by atoms with E-state index in [9.17, 15) is 14.8 Å². The minimum absolute atomic E-state index is 0.0137. The smallest absolute Gasteiger partial charge is 0.318 e. The molecule has 121 valence electrons. The van der Waals surface area contributed by atoms with Crippen LogP contribution in [0.15, 0.2) is 0 Å². The number of carbonyl (C=O) groups is 2. The van der Waals surface area contributed by atoms with E-state index in [-0.39, 0.29) is 23.1 Å². The van der Waals surface area contributed by atoms with Crippen LogP contribution in [0.5, 0.6) is 0 Å². The Labute approximate surface area is 139 Å². The van der Waals surface area contributed by atoms with E-state index in [0.29, 0.717) is 6.42 Å². The number of esters is 2. The lowest BCUT2D eigenvalue weighted by Crippen LogP contribution is -2.47. The van der Waals surface area contributed by atoms with Gasteiger partial charge in [0, 0.05) is 5.54 Å². The van der Waals surface area contributed by atoms with E-state index in [2.05, 4.69) is 0 Å². The van der Waals surface area contributed by atoms with E-state index in [0.717, 1.165) is 5.06 Å². The zero-order valence-electron chi connectivity index (χ0n) is 13.1. The van der Waals surface area contributed by atoms with Crippen LogP contribution < -0.4 is 0 Å². The van der Waals surface area contributed by atoms with Crippen molar-refractivity contribution in [3.8, 4) is 0 Å². The van der Waals surface area contributed by atoms with Gasteiger partial charge < -0.3 is 9.47 Å². The Balaban J connectivity index is 2.48. The third-order valence-electron chi connectivity index (χ3n) is 3.81. The van der Waals surface area contributed by atoms with E-state index in [1.165, 1.54) is 0 Å². The molecular weight excluding hydrogens is 389 g/mol. The molecule has 2 unspecified atom stereocenters. The normalized spacial score (nSPS) is 25.4. The molecule has 7 heteroatoms. The fourth-order valence-corrected chi connectivity index (χ4v) is 2.81. The topological polar surface area (TPSA) is 75.7 Å². The number of carbonyl (C=O) groups excluding carboxylic acids is 2. The number of ether oxygens (including phenoxy) is 2. The summed E-state index contributed by atoms with van der Waals surface area (Å²) in [6, 6.07) is 0. The molecule has 1 radical (unpaired) electrons. The largest absolute Gasteiger partial charge is 0.462 e. The van der Waals surface area contributed by atoms with Crippen LogP contribution in [0.1, 0.15) is 41.0 Å². The second-order valence-electron chi connectivity index (χ2n) is 6.47. The zero-order valence-corrected chi connectivity index (χ0v) is 15.3. The maximum Gasteiger partial charge on any atom is 0.318 e. The lowest BCUT2D eigenvalue weighted by atomic mass is 9.87. The van der Waals surface area contributed by atoms with Crippen LogP contribution in [0.3, 0.4) is 0 Å². The van der Waals surface area contributed by atoms with Gasteiger partial charge in [-0.1, -0.05) is 22.6 Å². The SMILES string of the molecule is CC(I)C(=O)OCCOC(=O)C1CC(C)(C)N([O])C1(C)C.